The zero-order valence-corrected chi connectivity index (χ0v) is 13.0. The van der Waals surface area contributed by atoms with Crippen molar-refractivity contribution in [3.8, 4) is 11.6 Å². The minimum absolute atomic E-state index is 0.0979. The molecule has 1 N–H and O–H groups in total. The van der Waals surface area contributed by atoms with Crippen LogP contribution in [-0.2, 0) is 11.2 Å². The molecular weight excluding hydrogens is 304 g/mol. The normalized spacial score (nSPS) is 10.1. The number of pyridine rings is 1. The predicted octanol–water partition coefficient (Wildman–Crippen LogP) is 2.48. The Morgan fingerprint density at radius 2 is 2.05 bits per heavy atom. The van der Waals surface area contributed by atoms with E-state index in [1.807, 2.05) is 24.3 Å². The van der Waals surface area contributed by atoms with Gasteiger partial charge in [-0.05, 0) is 24.1 Å². The van der Waals surface area contributed by atoms with Gasteiger partial charge >= 0.3 is 0 Å². The van der Waals surface area contributed by atoms with Gasteiger partial charge in [-0.3, -0.25) is 4.79 Å². The van der Waals surface area contributed by atoms with Crippen LogP contribution in [0.4, 0.5) is 0 Å². The van der Waals surface area contributed by atoms with E-state index in [-0.39, 0.29) is 12.5 Å². The van der Waals surface area contributed by atoms with Crippen molar-refractivity contribution >= 4 is 17.5 Å². The van der Waals surface area contributed by atoms with Gasteiger partial charge in [0.05, 0.1) is 7.11 Å². The highest BCUT2D eigenvalue weighted by atomic mass is 35.5. The lowest BCUT2D eigenvalue weighted by Crippen LogP contribution is -2.30. The molecule has 0 aliphatic carbocycles. The van der Waals surface area contributed by atoms with Gasteiger partial charge in [0.1, 0.15) is 10.9 Å². The molecule has 22 heavy (non-hydrogen) atoms. The number of carbonyl (C=O) groups excluding carboxylic acids is 1. The molecule has 1 aromatic heterocycles. The second-order valence-electron chi connectivity index (χ2n) is 4.50. The summed E-state index contributed by atoms with van der Waals surface area (Å²) in [6.07, 6.45) is 0.686. The molecule has 0 fully saturated rings. The summed E-state index contributed by atoms with van der Waals surface area (Å²) in [5, 5.41) is 3.11. The summed E-state index contributed by atoms with van der Waals surface area (Å²) in [6.45, 7) is 0.408. The predicted molar refractivity (Wildman–Crippen MR) is 84.4 cm³/mol. The fraction of sp³-hybridized carbons (Fsp3) is 0.250. The topological polar surface area (TPSA) is 60.5 Å². The number of ether oxygens (including phenoxy) is 2. The fourth-order valence-electron chi connectivity index (χ4n) is 1.91. The Labute approximate surface area is 134 Å². The maximum absolute atomic E-state index is 11.7. The number of methoxy groups -OCH3 is 1. The quantitative estimate of drug-likeness (QED) is 0.796. The highest BCUT2D eigenvalue weighted by Crippen LogP contribution is 2.17. The van der Waals surface area contributed by atoms with E-state index >= 15 is 0 Å². The fourth-order valence-corrected chi connectivity index (χ4v) is 2.06. The average molecular weight is 321 g/mol. The summed E-state index contributed by atoms with van der Waals surface area (Å²) >= 11 is 5.74. The van der Waals surface area contributed by atoms with E-state index in [0.29, 0.717) is 24.0 Å². The van der Waals surface area contributed by atoms with Crippen molar-refractivity contribution in [2.24, 2.45) is 0 Å². The second-order valence-corrected chi connectivity index (χ2v) is 4.89. The van der Waals surface area contributed by atoms with Crippen LogP contribution in [0.5, 0.6) is 11.6 Å². The van der Waals surface area contributed by atoms with Crippen molar-refractivity contribution in [3.63, 3.8) is 0 Å². The van der Waals surface area contributed by atoms with Crippen molar-refractivity contribution in [2.45, 2.75) is 6.42 Å². The summed E-state index contributed by atoms with van der Waals surface area (Å²) < 4.78 is 10.5. The van der Waals surface area contributed by atoms with Gasteiger partial charge < -0.3 is 14.8 Å². The third-order valence-electron chi connectivity index (χ3n) is 2.95. The van der Waals surface area contributed by atoms with Crippen LogP contribution >= 0.6 is 11.6 Å². The first-order chi connectivity index (χ1) is 10.7. The second kappa shape index (κ2) is 8.24. The Bertz CT molecular complexity index is 634. The zero-order chi connectivity index (χ0) is 15.8. The lowest BCUT2D eigenvalue weighted by atomic mass is 10.1. The number of nitrogens with zero attached hydrogens (tertiary/aromatic N) is 1. The lowest BCUT2D eigenvalue weighted by molar-refractivity contribution is -0.123. The van der Waals surface area contributed by atoms with Crippen LogP contribution in [0.15, 0.2) is 42.5 Å². The number of carbonyl (C=O) groups is 1. The number of benzene rings is 1. The van der Waals surface area contributed by atoms with Gasteiger partial charge in [-0.25, -0.2) is 4.98 Å². The molecule has 0 saturated heterocycles. The molecule has 0 saturated carbocycles. The maximum Gasteiger partial charge on any atom is 0.258 e. The molecule has 0 atom stereocenters. The van der Waals surface area contributed by atoms with E-state index in [4.69, 9.17) is 21.1 Å². The first-order valence-corrected chi connectivity index (χ1v) is 7.21. The number of hydrogen-bond acceptors (Lipinski definition) is 4. The highest BCUT2D eigenvalue weighted by molar-refractivity contribution is 6.29. The molecule has 0 bridgehead atoms. The van der Waals surface area contributed by atoms with E-state index in [1.54, 1.807) is 25.3 Å². The van der Waals surface area contributed by atoms with Crippen molar-refractivity contribution in [3.05, 3.63) is 53.2 Å². The Balaban J connectivity index is 1.74. The summed E-state index contributed by atoms with van der Waals surface area (Å²) in [5.41, 5.74) is 1.04. The van der Waals surface area contributed by atoms with Crippen molar-refractivity contribution < 1.29 is 14.3 Å². The standard InChI is InChI=1S/C16H17ClN2O3/c1-21-13-6-3-2-5-12(13)9-10-18-15(20)11-22-16-8-4-7-14(17)19-16/h2-8H,9-11H2,1H3,(H,18,20). The van der Waals surface area contributed by atoms with Crippen LogP contribution in [0.25, 0.3) is 0 Å². The number of aromatic nitrogens is 1. The largest absolute Gasteiger partial charge is 0.496 e. The number of halogens is 1. The van der Waals surface area contributed by atoms with Crippen molar-refractivity contribution in [1.82, 2.24) is 10.3 Å². The molecule has 0 unspecified atom stereocenters. The molecule has 1 heterocycles. The van der Waals surface area contributed by atoms with E-state index in [1.165, 1.54) is 0 Å². The van der Waals surface area contributed by atoms with Crippen LogP contribution in [-0.4, -0.2) is 31.2 Å². The number of hydrogen-bond donors (Lipinski definition) is 1. The first-order valence-electron chi connectivity index (χ1n) is 6.83. The summed E-state index contributed by atoms with van der Waals surface area (Å²) in [6, 6.07) is 12.7. The van der Waals surface area contributed by atoms with E-state index < -0.39 is 0 Å². The third-order valence-corrected chi connectivity index (χ3v) is 3.16. The number of nitrogens with one attached hydrogen (secondary N) is 1. The molecule has 0 radical (unpaired) electrons. The van der Waals surface area contributed by atoms with Crippen LogP contribution < -0.4 is 14.8 Å². The monoisotopic (exact) mass is 320 g/mol. The van der Waals surface area contributed by atoms with Gasteiger partial charge in [0.25, 0.3) is 5.91 Å². The van der Waals surface area contributed by atoms with Crippen molar-refractivity contribution in [2.75, 3.05) is 20.3 Å². The van der Waals surface area contributed by atoms with Gasteiger partial charge in [-0.15, -0.1) is 0 Å². The summed E-state index contributed by atoms with van der Waals surface area (Å²) in [5.74, 6) is 0.931. The minimum Gasteiger partial charge on any atom is -0.496 e. The van der Waals surface area contributed by atoms with Gasteiger partial charge in [-0.1, -0.05) is 35.9 Å². The Morgan fingerprint density at radius 3 is 2.82 bits per heavy atom. The molecular formula is C16H17ClN2O3. The van der Waals surface area contributed by atoms with Gasteiger partial charge in [0.2, 0.25) is 5.88 Å². The van der Waals surface area contributed by atoms with Crippen LogP contribution in [0.2, 0.25) is 5.15 Å². The number of amides is 1. The Kier molecular flexibility index (Phi) is 6.03. The lowest BCUT2D eigenvalue weighted by Gasteiger charge is -2.09. The molecule has 6 heteroatoms. The number of para-hydroxylation sites is 1. The molecule has 116 valence electrons. The summed E-state index contributed by atoms with van der Waals surface area (Å²) in [7, 11) is 1.63. The van der Waals surface area contributed by atoms with Gasteiger partial charge in [0, 0.05) is 12.6 Å². The van der Waals surface area contributed by atoms with E-state index in [0.717, 1.165) is 11.3 Å². The van der Waals surface area contributed by atoms with Gasteiger partial charge in [-0.2, -0.15) is 0 Å². The van der Waals surface area contributed by atoms with E-state index in [2.05, 4.69) is 10.3 Å². The molecule has 5 nitrogen and oxygen atoms in total. The first kappa shape index (κ1) is 16.1. The van der Waals surface area contributed by atoms with E-state index in [9.17, 15) is 4.79 Å². The Morgan fingerprint density at radius 1 is 1.23 bits per heavy atom. The molecule has 2 aromatic rings. The molecule has 0 spiro atoms. The molecule has 0 aliphatic rings. The smallest absolute Gasteiger partial charge is 0.258 e. The third kappa shape index (κ3) is 4.93. The molecule has 1 amide bonds. The minimum atomic E-state index is -0.211. The van der Waals surface area contributed by atoms with Crippen LogP contribution in [0.1, 0.15) is 5.56 Å². The van der Waals surface area contributed by atoms with Crippen molar-refractivity contribution in [1.29, 1.82) is 0 Å². The zero-order valence-electron chi connectivity index (χ0n) is 12.2. The maximum atomic E-state index is 11.7. The highest BCUT2D eigenvalue weighted by Gasteiger charge is 2.05. The Hall–Kier alpha value is -2.27. The molecule has 2 rings (SSSR count). The summed E-state index contributed by atoms with van der Waals surface area (Å²) in [4.78, 5) is 15.7. The molecule has 1 aromatic carbocycles. The van der Waals surface area contributed by atoms with Crippen LogP contribution in [0.3, 0.4) is 0 Å². The van der Waals surface area contributed by atoms with Crippen LogP contribution in [0, 0.1) is 0 Å². The van der Waals surface area contributed by atoms with Gasteiger partial charge in [0.15, 0.2) is 6.61 Å². The average Bonchev–Trinajstić information content (AvgIpc) is 2.53. The SMILES string of the molecule is COc1ccccc1CCNC(=O)COc1cccc(Cl)n1. The number of rotatable bonds is 7. The molecule has 0 aliphatic heterocycles.